The fraction of sp³-hybridized carbons (Fsp3) is 0.640. The maximum Gasteiger partial charge on any atom is 0.417 e. The van der Waals surface area contributed by atoms with E-state index in [-0.39, 0.29) is 24.5 Å². The first kappa shape index (κ1) is 31.9. The molecular weight excluding hydrogens is 503 g/mol. The number of aromatic nitrogens is 1. The average Bonchev–Trinajstić information content (AvgIpc) is 3.46. The lowest BCUT2D eigenvalue weighted by molar-refractivity contribution is -0.138. The van der Waals surface area contributed by atoms with Gasteiger partial charge in [-0.1, -0.05) is 13.8 Å². The number of likely N-dealkylation sites (tertiary alicyclic amines) is 1. The summed E-state index contributed by atoms with van der Waals surface area (Å²) in [5, 5.41) is -2.03. The number of hydrogen-bond acceptors (Lipinski definition) is 6. The highest BCUT2D eigenvalue weighted by molar-refractivity contribution is 6.40. The summed E-state index contributed by atoms with van der Waals surface area (Å²) < 4.78 is 72.6. The number of fused-ring (bicyclic) bond motifs is 1. The molecular formula is C25H36B2F5N5O. The Morgan fingerprint density at radius 2 is 1.55 bits per heavy atom. The molecule has 0 bridgehead atoms. The van der Waals surface area contributed by atoms with Crippen molar-refractivity contribution < 1.29 is 26.7 Å². The first-order chi connectivity index (χ1) is 17.2. The number of nitrogens with two attached hydrogens (primary N) is 3. The SMILES string of the molecule is C.NC(N)=C/C=C(\N)c1cnccc1C(F)(F)F.[B]C([B])(N1CC2CCCC2C1)C(F)(F)C1CCOCC1. The van der Waals surface area contributed by atoms with Gasteiger partial charge in [0.05, 0.1) is 27.1 Å². The molecule has 1 aromatic heterocycles. The van der Waals surface area contributed by atoms with Gasteiger partial charge in [0.2, 0.25) is 0 Å². The Morgan fingerprint density at radius 3 is 2.08 bits per heavy atom. The zero-order chi connectivity index (χ0) is 27.4. The fourth-order valence-corrected chi connectivity index (χ4v) is 5.28. The molecule has 3 fully saturated rings. The number of alkyl halides is 5. The van der Waals surface area contributed by atoms with E-state index < -0.39 is 28.9 Å². The van der Waals surface area contributed by atoms with Crippen molar-refractivity contribution in [1.29, 1.82) is 0 Å². The lowest BCUT2D eigenvalue weighted by Gasteiger charge is -2.47. The Labute approximate surface area is 224 Å². The molecule has 0 spiro atoms. The van der Waals surface area contributed by atoms with Crippen molar-refractivity contribution >= 4 is 21.4 Å². The lowest BCUT2D eigenvalue weighted by atomic mass is 9.54. The topological polar surface area (TPSA) is 103 Å². The highest BCUT2D eigenvalue weighted by Crippen LogP contribution is 2.46. The molecule has 6 N–H and O–H groups in total. The normalized spacial score (nSPS) is 23.1. The third-order valence-corrected chi connectivity index (χ3v) is 7.41. The molecule has 1 aliphatic carbocycles. The van der Waals surface area contributed by atoms with Gasteiger partial charge in [0.1, 0.15) is 0 Å². The Hall–Kier alpha value is -2.27. The van der Waals surface area contributed by atoms with E-state index in [1.807, 2.05) is 0 Å². The van der Waals surface area contributed by atoms with Crippen LogP contribution in [0.3, 0.4) is 0 Å². The van der Waals surface area contributed by atoms with Crippen molar-refractivity contribution in [2.75, 3.05) is 26.3 Å². The van der Waals surface area contributed by atoms with Crippen LogP contribution in [-0.4, -0.2) is 63.1 Å². The van der Waals surface area contributed by atoms with E-state index in [0.717, 1.165) is 31.3 Å². The number of allylic oxidation sites excluding steroid dienone is 2. The van der Waals surface area contributed by atoms with Crippen molar-refractivity contribution in [3.05, 3.63) is 47.6 Å². The van der Waals surface area contributed by atoms with Crippen LogP contribution < -0.4 is 17.2 Å². The van der Waals surface area contributed by atoms with Crippen molar-refractivity contribution in [1.82, 2.24) is 9.88 Å². The minimum atomic E-state index is -4.49. The van der Waals surface area contributed by atoms with Crippen LogP contribution in [0.1, 0.15) is 50.7 Å². The summed E-state index contributed by atoms with van der Waals surface area (Å²) in [5.41, 5.74) is 14.6. The second-order valence-electron chi connectivity index (χ2n) is 9.90. The monoisotopic (exact) mass is 539 g/mol. The molecule has 0 amide bonds. The Balaban J connectivity index is 0.000000264. The summed E-state index contributed by atoms with van der Waals surface area (Å²) in [6.07, 6.45) is 4.14. The molecule has 2 saturated heterocycles. The van der Waals surface area contributed by atoms with Gasteiger partial charge >= 0.3 is 6.18 Å². The molecule has 6 nitrogen and oxygen atoms in total. The summed E-state index contributed by atoms with van der Waals surface area (Å²) in [5.74, 6) is -2.88. The molecule has 2 aliphatic heterocycles. The minimum absolute atomic E-state index is 0. The highest BCUT2D eigenvalue weighted by atomic mass is 19.4. The molecule has 208 valence electrons. The molecule has 2 unspecified atom stereocenters. The molecule has 4 rings (SSSR count). The van der Waals surface area contributed by atoms with Crippen molar-refractivity contribution in [3.8, 4) is 0 Å². The van der Waals surface area contributed by atoms with E-state index in [2.05, 4.69) is 4.98 Å². The number of pyridine rings is 1. The summed E-state index contributed by atoms with van der Waals surface area (Å²) in [7, 11) is 11.9. The molecule has 13 heteroatoms. The Kier molecular flexibility index (Phi) is 10.7. The number of hydrogen-bond donors (Lipinski definition) is 3. The van der Waals surface area contributed by atoms with Gasteiger partial charge in [0.15, 0.2) is 0 Å². The zero-order valence-corrected chi connectivity index (χ0v) is 20.6. The lowest BCUT2D eigenvalue weighted by Crippen LogP contribution is -2.64. The Bertz CT molecular complexity index is 967. The number of halogens is 5. The predicted octanol–water partition coefficient (Wildman–Crippen LogP) is 3.57. The van der Waals surface area contributed by atoms with Gasteiger partial charge in [-0.3, -0.25) is 4.98 Å². The van der Waals surface area contributed by atoms with Gasteiger partial charge < -0.3 is 26.8 Å². The Morgan fingerprint density at radius 1 is 0.974 bits per heavy atom. The summed E-state index contributed by atoms with van der Waals surface area (Å²) in [6, 6.07) is 0.853. The number of ether oxygens (including phenoxy) is 1. The molecule has 3 aliphatic rings. The van der Waals surface area contributed by atoms with Gasteiger partial charge in [-0.05, 0) is 55.7 Å². The third kappa shape index (κ3) is 7.22. The minimum Gasteiger partial charge on any atom is -0.398 e. The van der Waals surface area contributed by atoms with Gasteiger partial charge in [-0.15, -0.1) is 0 Å². The largest absolute Gasteiger partial charge is 0.417 e. The molecule has 0 aromatic carbocycles. The number of rotatable bonds is 5. The first-order valence-electron chi connectivity index (χ1n) is 12.2. The van der Waals surface area contributed by atoms with E-state index >= 15 is 0 Å². The molecule has 1 aromatic rings. The quantitative estimate of drug-likeness (QED) is 0.301. The molecule has 1 saturated carbocycles. The van der Waals surface area contributed by atoms with E-state index in [1.165, 1.54) is 18.6 Å². The second kappa shape index (κ2) is 12.7. The third-order valence-electron chi connectivity index (χ3n) is 7.41. The van der Waals surface area contributed by atoms with Crippen LogP contribution in [0.5, 0.6) is 0 Å². The van der Waals surface area contributed by atoms with Crippen molar-refractivity contribution in [2.24, 2.45) is 35.0 Å². The maximum absolute atomic E-state index is 14.8. The van der Waals surface area contributed by atoms with E-state index in [9.17, 15) is 22.0 Å². The summed E-state index contributed by atoms with van der Waals surface area (Å²) in [4.78, 5) is 5.24. The van der Waals surface area contributed by atoms with Crippen LogP contribution in [0.25, 0.3) is 5.70 Å². The standard InChI is InChI=1S/C14H21B2F2NO.C10H11F3N4.CH4/c15-14(16,13(17,18)12-4-6-20-7-5-12)19-8-10-2-1-3-11(10)9-19;11-10(12,13)7-3-4-17-5-6(7)8(14)1-2-9(15)16;/h10-12H,1-9H2;1-5H,14-16H2;1H4/b;8-1-;. The van der Waals surface area contributed by atoms with Crippen molar-refractivity contribution in [3.63, 3.8) is 0 Å². The summed E-state index contributed by atoms with van der Waals surface area (Å²) in [6.45, 7) is 2.00. The van der Waals surface area contributed by atoms with E-state index in [4.69, 9.17) is 37.6 Å². The number of nitrogens with zero attached hydrogens (tertiary/aromatic N) is 2. The van der Waals surface area contributed by atoms with Crippen LogP contribution in [0.15, 0.2) is 36.4 Å². The van der Waals surface area contributed by atoms with E-state index in [1.54, 1.807) is 4.90 Å². The maximum atomic E-state index is 14.8. The van der Waals surface area contributed by atoms with Gasteiger partial charge in [0, 0.05) is 61.2 Å². The second-order valence-corrected chi connectivity index (χ2v) is 9.90. The van der Waals surface area contributed by atoms with Gasteiger partial charge in [0.25, 0.3) is 5.92 Å². The predicted molar refractivity (Wildman–Crippen MR) is 140 cm³/mol. The molecule has 3 heterocycles. The van der Waals surface area contributed by atoms with E-state index in [0.29, 0.717) is 51.0 Å². The van der Waals surface area contributed by atoms with Crippen LogP contribution in [0, 0.1) is 17.8 Å². The van der Waals surface area contributed by atoms with Crippen LogP contribution >= 0.6 is 0 Å². The average molecular weight is 539 g/mol. The fourth-order valence-electron chi connectivity index (χ4n) is 5.28. The van der Waals surface area contributed by atoms with Crippen molar-refractivity contribution in [2.45, 2.75) is 57.0 Å². The molecule has 2 atom stereocenters. The highest BCUT2D eigenvalue weighted by Gasteiger charge is 2.56. The van der Waals surface area contributed by atoms with Crippen LogP contribution in [0.4, 0.5) is 22.0 Å². The zero-order valence-electron chi connectivity index (χ0n) is 20.6. The van der Waals surface area contributed by atoms with Gasteiger partial charge in [-0.25, -0.2) is 8.78 Å². The summed E-state index contributed by atoms with van der Waals surface area (Å²) >= 11 is 0. The first-order valence-corrected chi connectivity index (χ1v) is 12.2. The molecule has 38 heavy (non-hydrogen) atoms. The van der Waals surface area contributed by atoms with Crippen LogP contribution in [0.2, 0.25) is 0 Å². The smallest absolute Gasteiger partial charge is 0.398 e. The van der Waals surface area contributed by atoms with Crippen LogP contribution in [-0.2, 0) is 10.9 Å². The van der Waals surface area contributed by atoms with Gasteiger partial charge in [-0.2, -0.15) is 13.2 Å². The molecule has 4 radical (unpaired) electrons.